The zero-order chi connectivity index (χ0) is 48.4. The van der Waals surface area contributed by atoms with E-state index in [2.05, 4.69) is 47.0 Å². The van der Waals surface area contributed by atoms with Crippen LogP contribution in [-0.4, -0.2) is 4.57 Å². The summed E-state index contributed by atoms with van der Waals surface area (Å²) in [7, 11) is 0. The molecule has 12 aromatic rings. The van der Waals surface area contributed by atoms with Gasteiger partial charge in [-0.1, -0.05) is 139 Å². The van der Waals surface area contributed by atoms with E-state index in [0.29, 0.717) is 27.9 Å². The van der Waals surface area contributed by atoms with Crippen molar-refractivity contribution in [2.45, 2.75) is 0 Å². The van der Waals surface area contributed by atoms with Gasteiger partial charge in [0.05, 0.1) is 37.2 Å². The average Bonchev–Trinajstić information content (AvgIpc) is 3.94. The Morgan fingerprint density at radius 1 is 0.441 bits per heavy atom. The molecule has 10 aromatic carbocycles. The van der Waals surface area contributed by atoms with E-state index in [-0.39, 0.29) is 16.5 Å². The zero-order valence-electron chi connectivity index (χ0n) is 42.2. The van der Waals surface area contributed by atoms with E-state index in [0.717, 1.165) is 54.8 Å². The van der Waals surface area contributed by atoms with Gasteiger partial charge in [0, 0.05) is 38.6 Å². The normalized spacial score (nSPS) is 14.3. The van der Waals surface area contributed by atoms with Crippen LogP contribution in [0, 0.1) is 0 Å². The highest BCUT2D eigenvalue weighted by atomic mass is 16.3. The summed E-state index contributed by atoms with van der Waals surface area (Å²) >= 11 is 0. The zero-order valence-corrected chi connectivity index (χ0v) is 31.2. The van der Waals surface area contributed by atoms with Crippen molar-refractivity contribution in [2.24, 2.45) is 0 Å². The molecule has 0 bridgehead atoms. The lowest BCUT2D eigenvalue weighted by atomic mass is 10.00. The van der Waals surface area contributed by atoms with Gasteiger partial charge in [-0.3, -0.25) is 0 Å². The lowest BCUT2D eigenvalue weighted by molar-refractivity contribution is 0.672. The first kappa shape index (κ1) is 24.0. The second kappa shape index (κ2) is 13.4. The molecule has 0 N–H and O–H groups in total. The van der Waals surface area contributed by atoms with Gasteiger partial charge in [-0.05, 0) is 117 Å². The number of rotatable bonds is 6. The van der Waals surface area contributed by atoms with Crippen LogP contribution in [0.5, 0.6) is 0 Å². The van der Waals surface area contributed by atoms with Crippen LogP contribution in [0.25, 0.3) is 93.2 Å². The summed E-state index contributed by atoms with van der Waals surface area (Å²) in [5.74, 6) is 0. The number of hydrogen-bond acceptors (Lipinski definition) is 2. The fourth-order valence-corrected chi connectivity index (χ4v) is 8.37. The average molecular weight is 764 g/mol. The number of aromatic nitrogens is 1. The van der Waals surface area contributed by atoms with Crippen LogP contribution in [0.15, 0.2) is 223 Å². The number of furan rings is 1. The third-order valence-corrected chi connectivity index (χ3v) is 11.1. The molecule has 0 aliphatic heterocycles. The minimum absolute atomic E-state index is 0.129. The summed E-state index contributed by atoms with van der Waals surface area (Å²) in [6, 6.07) is 43.4. The molecule has 0 saturated heterocycles. The van der Waals surface area contributed by atoms with Crippen LogP contribution >= 0.6 is 0 Å². The molecule has 0 unspecified atom stereocenters. The largest absolute Gasteiger partial charge is 0.455 e. The molecule has 0 spiro atoms. The number of hydrogen-bond donors (Lipinski definition) is 0. The Kier molecular flexibility index (Phi) is 5.44. The van der Waals surface area contributed by atoms with Crippen molar-refractivity contribution in [1.82, 2.24) is 4.57 Å². The molecular formula is C56H36N2O. The first-order chi connectivity index (χ1) is 33.8. The standard InChI is InChI=1S/C56H36N2O/c1-2-14-44(15-3-1)58-51-18-9-8-17-48(51)50-36-43(28-34-52(50)58)39-25-31-46(32-26-39)57(45-29-23-38(24-30-45)42-22-21-37-11-4-5-13-41(37)35-42)53-19-10-20-54-55(53)49-33-27-40-12-6-7-16-47(40)56(49)59-54/h1-36H/i4D,5D,11D,13D,21D,22D,23D,24D,29D,30D,35D. The monoisotopic (exact) mass is 763 g/mol. The van der Waals surface area contributed by atoms with Crippen LogP contribution in [0.2, 0.25) is 0 Å². The Balaban J connectivity index is 1.08. The lowest BCUT2D eigenvalue weighted by Crippen LogP contribution is -2.10. The van der Waals surface area contributed by atoms with Gasteiger partial charge in [0.2, 0.25) is 0 Å². The van der Waals surface area contributed by atoms with Crippen molar-refractivity contribution in [3.8, 4) is 27.9 Å². The molecule has 3 heteroatoms. The predicted molar refractivity (Wildman–Crippen MR) is 249 cm³/mol. The summed E-state index contributed by atoms with van der Waals surface area (Å²) in [4.78, 5) is 1.67. The Morgan fingerprint density at radius 2 is 1.17 bits per heavy atom. The fraction of sp³-hybridized carbons (Fsp3) is 0. The van der Waals surface area contributed by atoms with Gasteiger partial charge >= 0.3 is 0 Å². The third kappa shape index (κ3) is 5.44. The summed E-state index contributed by atoms with van der Waals surface area (Å²) in [5.41, 5.74) is 6.20. The molecule has 276 valence electrons. The van der Waals surface area contributed by atoms with Gasteiger partial charge in [0.15, 0.2) is 0 Å². The van der Waals surface area contributed by atoms with Gasteiger partial charge in [0.25, 0.3) is 0 Å². The smallest absolute Gasteiger partial charge is 0.143 e. The van der Waals surface area contributed by atoms with Gasteiger partial charge < -0.3 is 13.9 Å². The minimum Gasteiger partial charge on any atom is -0.455 e. The highest BCUT2D eigenvalue weighted by molar-refractivity contribution is 6.19. The minimum atomic E-state index is -0.659. The number of benzene rings is 10. The molecule has 0 saturated carbocycles. The maximum atomic E-state index is 9.72. The molecule has 2 aromatic heterocycles. The molecule has 0 radical (unpaired) electrons. The summed E-state index contributed by atoms with van der Waals surface area (Å²) in [5, 5.41) is 4.79. The van der Waals surface area contributed by atoms with Crippen molar-refractivity contribution in [3.63, 3.8) is 0 Å². The maximum Gasteiger partial charge on any atom is 0.143 e. The SMILES string of the molecule is [2H]c1c([2H])c(N(c2ccc(-c3ccc4c(c3)c3ccccc3n4-c3ccccc3)cc2)c2cccc3oc4c5ccccc5ccc4c23)c([2H])c([2H])c1-c1c([2H])c([2H])c2c([2H])c([2H])c([2H])c([2H])c2c1[2H]. The maximum absolute atomic E-state index is 9.72. The van der Waals surface area contributed by atoms with Gasteiger partial charge in [-0.2, -0.15) is 0 Å². The summed E-state index contributed by atoms with van der Waals surface area (Å²) < 4.78 is 108. The molecule has 0 amide bonds. The van der Waals surface area contributed by atoms with Crippen LogP contribution in [0.4, 0.5) is 17.1 Å². The van der Waals surface area contributed by atoms with Gasteiger partial charge in [-0.15, -0.1) is 0 Å². The Morgan fingerprint density at radius 3 is 2.03 bits per heavy atom. The van der Waals surface area contributed by atoms with Crippen molar-refractivity contribution in [1.29, 1.82) is 0 Å². The molecule has 3 nitrogen and oxygen atoms in total. The van der Waals surface area contributed by atoms with Crippen molar-refractivity contribution >= 4 is 82.4 Å². The van der Waals surface area contributed by atoms with Crippen LogP contribution < -0.4 is 4.90 Å². The van der Waals surface area contributed by atoms with E-state index in [1.54, 1.807) is 11.0 Å². The Bertz CT molecular complexity index is 4180. The second-order valence-corrected chi connectivity index (χ2v) is 14.4. The molecule has 0 aliphatic rings. The highest BCUT2D eigenvalue weighted by Gasteiger charge is 2.21. The molecule has 0 atom stereocenters. The van der Waals surface area contributed by atoms with Gasteiger partial charge in [0.1, 0.15) is 11.2 Å². The topological polar surface area (TPSA) is 21.3 Å². The Labute approximate surface area is 356 Å². The number of para-hydroxylation sites is 2. The number of anilines is 3. The summed E-state index contributed by atoms with van der Waals surface area (Å²) in [6.45, 7) is 0. The molecule has 0 aliphatic carbocycles. The molecule has 12 rings (SSSR count). The van der Waals surface area contributed by atoms with Crippen LogP contribution in [-0.2, 0) is 0 Å². The summed E-state index contributed by atoms with van der Waals surface area (Å²) in [6.07, 6.45) is 0. The van der Waals surface area contributed by atoms with Gasteiger partial charge in [-0.25, -0.2) is 0 Å². The number of nitrogens with zero attached hydrogens (tertiary/aromatic N) is 2. The van der Waals surface area contributed by atoms with E-state index in [4.69, 9.17) is 12.6 Å². The van der Waals surface area contributed by atoms with Crippen molar-refractivity contribution in [2.75, 3.05) is 4.90 Å². The highest BCUT2D eigenvalue weighted by Crippen LogP contribution is 2.45. The molecule has 59 heavy (non-hydrogen) atoms. The lowest BCUT2D eigenvalue weighted by Gasteiger charge is -2.26. The van der Waals surface area contributed by atoms with Crippen molar-refractivity contribution in [3.05, 3.63) is 218 Å². The quantitative estimate of drug-likeness (QED) is 0.168. The molecular weight excluding hydrogens is 717 g/mol. The van der Waals surface area contributed by atoms with E-state index in [9.17, 15) is 6.85 Å². The van der Waals surface area contributed by atoms with E-state index in [1.165, 1.54) is 0 Å². The first-order valence-electron chi connectivity index (χ1n) is 24.8. The van der Waals surface area contributed by atoms with Crippen LogP contribution in [0.3, 0.4) is 0 Å². The van der Waals surface area contributed by atoms with E-state index in [1.807, 2.05) is 103 Å². The number of fused-ring (bicyclic) bond motifs is 9. The Hall–Kier alpha value is -7.88. The molecule has 0 fully saturated rings. The first-order valence-corrected chi connectivity index (χ1v) is 19.3. The molecule has 2 heterocycles. The van der Waals surface area contributed by atoms with E-state index >= 15 is 0 Å². The second-order valence-electron chi connectivity index (χ2n) is 14.4. The van der Waals surface area contributed by atoms with E-state index < -0.39 is 77.6 Å². The van der Waals surface area contributed by atoms with Crippen molar-refractivity contribution < 1.29 is 19.5 Å². The fourth-order valence-electron chi connectivity index (χ4n) is 8.37. The van der Waals surface area contributed by atoms with Crippen LogP contribution in [0.1, 0.15) is 15.1 Å². The third-order valence-electron chi connectivity index (χ3n) is 11.1. The predicted octanol–water partition coefficient (Wildman–Crippen LogP) is 15.8.